The first kappa shape index (κ1) is 23.5. The molecule has 0 bridgehead atoms. The highest BCUT2D eigenvalue weighted by Gasteiger charge is 2.21. The maximum absolute atomic E-state index is 12.7. The van der Waals surface area contributed by atoms with Gasteiger partial charge in [-0.2, -0.15) is 4.98 Å². The van der Waals surface area contributed by atoms with Crippen molar-refractivity contribution < 1.29 is 9.32 Å². The van der Waals surface area contributed by atoms with Crippen LogP contribution < -0.4 is 10.2 Å². The number of rotatable bonds is 7. The molecule has 2 fully saturated rings. The van der Waals surface area contributed by atoms with Crippen LogP contribution in [0.5, 0.6) is 0 Å². The van der Waals surface area contributed by atoms with E-state index in [2.05, 4.69) is 56.1 Å². The standard InChI is InChI=1S/C27H34N6O2/c1-20-5-7-22(8-6-20)27-29-26(35-30-27)19-32-15-13-31(14-16-32)18-25(34)28-24-10-9-23(17-21(24)2)33-11-3-4-12-33/h5-10,17H,3-4,11-16,18-19H2,1-2H3,(H,28,34). The molecule has 35 heavy (non-hydrogen) atoms. The van der Waals surface area contributed by atoms with Crippen LogP contribution in [0.25, 0.3) is 11.4 Å². The molecule has 0 saturated carbocycles. The molecule has 1 aromatic heterocycles. The molecule has 5 rings (SSSR count). The molecule has 0 aliphatic carbocycles. The molecule has 184 valence electrons. The number of nitrogens with zero attached hydrogens (tertiary/aromatic N) is 5. The van der Waals surface area contributed by atoms with Gasteiger partial charge in [0, 0.05) is 56.2 Å². The third-order valence-electron chi connectivity index (χ3n) is 6.92. The van der Waals surface area contributed by atoms with E-state index in [-0.39, 0.29) is 5.91 Å². The summed E-state index contributed by atoms with van der Waals surface area (Å²) in [4.78, 5) is 24.2. The summed E-state index contributed by atoms with van der Waals surface area (Å²) in [7, 11) is 0. The zero-order valence-electron chi connectivity index (χ0n) is 20.7. The fourth-order valence-electron chi connectivity index (χ4n) is 4.79. The fourth-order valence-corrected chi connectivity index (χ4v) is 4.79. The molecule has 8 nitrogen and oxygen atoms in total. The Morgan fingerprint density at radius 1 is 0.943 bits per heavy atom. The normalized spacial score (nSPS) is 17.1. The molecule has 3 heterocycles. The van der Waals surface area contributed by atoms with Gasteiger partial charge in [-0.3, -0.25) is 14.6 Å². The lowest BCUT2D eigenvalue weighted by Gasteiger charge is -2.33. The molecule has 1 N–H and O–H groups in total. The van der Waals surface area contributed by atoms with Crippen molar-refractivity contribution in [3.05, 3.63) is 59.5 Å². The molecular weight excluding hydrogens is 440 g/mol. The van der Waals surface area contributed by atoms with E-state index in [1.807, 2.05) is 30.3 Å². The minimum Gasteiger partial charge on any atom is -0.372 e. The summed E-state index contributed by atoms with van der Waals surface area (Å²) >= 11 is 0. The van der Waals surface area contributed by atoms with Crippen molar-refractivity contribution in [2.75, 3.05) is 56.0 Å². The highest BCUT2D eigenvalue weighted by molar-refractivity contribution is 5.93. The van der Waals surface area contributed by atoms with Gasteiger partial charge in [0.15, 0.2) is 0 Å². The largest absolute Gasteiger partial charge is 0.372 e. The molecular formula is C27H34N6O2. The van der Waals surface area contributed by atoms with Crippen molar-refractivity contribution in [1.29, 1.82) is 0 Å². The average Bonchev–Trinajstić information content (AvgIpc) is 3.55. The predicted molar refractivity (Wildman–Crippen MR) is 137 cm³/mol. The second-order valence-corrected chi connectivity index (χ2v) is 9.67. The molecule has 0 atom stereocenters. The first-order valence-corrected chi connectivity index (χ1v) is 12.5. The van der Waals surface area contributed by atoms with E-state index in [1.54, 1.807) is 0 Å². The zero-order chi connectivity index (χ0) is 24.2. The minimum atomic E-state index is 0.0371. The van der Waals surface area contributed by atoms with Crippen LogP contribution in [-0.2, 0) is 11.3 Å². The number of carbonyl (C=O) groups excluding carboxylic acids is 1. The summed E-state index contributed by atoms with van der Waals surface area (Å²) in [5.74, 6) is 1.29. The Morgan fingerprint density at radius 2 is 1.66 bits per heavy atom. The summed E-state index contributed by atoms with van der Waals surface area (Å²) in [6.45, 7) is 10.8. The number of aryl methyl sites for hydroxylation is 2. The highest BCUT2D eigenvalue weighted by atomic mass is 16.5. The second kappa shape index (κ2) is 10.6. The van der Waals surface area contributed by atoms with Gasteiger partial charge in [0.05, 0.1) is 13.1 Å². The van der Waals surface area contributed by atoms with Crippen molar-refractivity contribution in [3.8, 4) is 11.4 Å². The Hall–Kier alpha value is -3.23. The zero-order valence-corrected chi connectivity index (χ0v) is 20.7. The van der Waals surface area contributed by atoms with Crippen LogP contribution in [0.15, 0.2) is 47.0 Å². The Kier molecular flexibility index (Phi) is 7.11. The van der Waals surface area contributed by atoms with Crippen molar-refractivity contribution in [2.45, 2.75) is 33.2 Å². The van der Waals surface area contributed by atoms with Crippen LogP contribution in [0.1, 0.15) is 29.9 Å². The van der Waals surface area contributed by atoms with Crippen LogP contribution in [0.3, 0.4) is 0 Å². The summed E-state index contributed by atoms with van der Waals surface area (Å²) in [6, 6.07) is 14.5. The first-order valence-electron chi connectivity index (χ1n) is 12.5. The Balaban J connectivity index is 1.08. The summed E-state index contributed by atoms with van der Waals surface area (Å²) in [5, 5.41) is 7.23. The highest BCUT2D eigenvalue weighted by Crippen LogP contribution is 2.25. The molecule has 1 amide bonds. The van der Waals surface area contributed by atoms with Gasteiger partial charge in [0.1, 0.15) is 0 Å². The van der Waals surface area contributed by atoms with E-state index in [1.165, 1.54) is 24.1 Å². The summed E-state index contributed by atoms with van der Waals surface area (Å²) in [5.41, 5.74) is 5.42. The number of nitrogens with one attached hydrogen (secondary N) is 1. The monoisotopic (exact) mass is 474 g/mol. The molecule has 0 radical (unpaired) electrons. The first-order chi connectivity index (χ1) is 17.0. The van der Waals surface area contributed by atoms with E-state index in [0.717, 1.165) is 56.1 Å². The third kappa shape index (κ3) is 5.89. The van der Waals surface area contributed by atoms with Gasteiger partial charge in [0.2, 0.25) is 17.6 Å². The molecule has 2 aliphatic rings. The van der Waals surface area contributed by atoms with Gasteiger partial charge < -0.3 is 14.7 Å². The van der Waals surface area contributed by atoms with E-state index in [9.17, 15) is 4.79 Å². The van der Waals surface area contributed by atoms with E-state index >= 15 is 0 Å². The van der Waals surface area contributed by atoms with Crippen LogP contribution in [0.4, 0.5) is 11.4 Å². The van der Waals surface area contributed by atoms with Crippen LogP contribution in [0, 0.1) is 13.8 Å². The number of hydrogen-bond donors (Lipinski definition) is 1. The maximum Gasteiger partial charge on any atom is 0.241 e. The molecule has 2 aliphatic heterocycles. The fraction of sp³-hybridized carbons (Fsp3) is 0.444. The second-order valence-electron chi connectivity index (χ2n) is 9.67. The van der Waals surface area contributed by atoms with Crippen molar-refractivity contribution in [3.63, 3.8) is 0 Å². The number of amides is 1. The summed E-state index contributed by atoms with van der Waals surface area (Å²) in [6.07, 6.45) is 2.52. The minimum absolute atomic E-state index is 0.0371. The van der Waals surface area contributed by atoms with Gasteiger partial charge in [-0.15, -0.1) is 0 Å². The Morgan fingerprint density at radius 3 is 2.37 bits per heavy atom. The van der Waals surface area contributed by atoms with Crippen LogP contribution in [-0.4, -0.2) is 71.7 Å². The van der Waals surface area contributed by atoms with E-state index in [4.69, 9.17) is 4.52 Å². The molecule has 8 heteroatoms. The van der Waals surface area contributed by atoms with Crippen LogP contribution >= 0.6 is 0 Å². The number of piperazine rings is 1. The van der Waals surface area contributed by atoms with Gasteiger partial charge >= 0.3 is 0 Å². The van der Waals surface area contributed by atoms with Gasteiger partial charge in [-0.05, 0) is 50.5 Å². The van der Waals surface area contributed by atoms with E-state index in [0.29, 0.717) is 24.8 Å². The number of anilines is 2. The smallest absolute Gasteiger partial charge is 0.241 e. The summed E-state index contributed by atoms with van der Waals surface area (Å²) < 4.78 is 5.48. The van der Waals surface area contributed by atoms with Gasteiger partial charge in [-0.1, -0.05) is 35.0 Å². The Labute approximate surface area is 206 Å². The third-order valence-corrected chi connectivity index (χ3v) is 6.92. The molecule has 2 aromatic carbocycles. The number of hydrogen-bond acceptors (Lipinski definition) is 7. The van der Waals surface area contributed by atoms with Crippen molar-refractivity contribution in [1.82, 2.24) is 19.9 Å². The molecule has 0 unspecified atom stereocenters. The molecule has 0 spiro atoms. The SMILES string of the molecule is Cc1ccc(-c2noc(CN3CCN(CC(=O)Nc4ccc(N5CCCC5)cc4C)CC3)n2)cc1. The average molecular weight is 475 g/mol. The lowest BCUT2D eigenvalue weighted by Crippen LogP contribution is -2.48. The van der Waals surface area contributed by atoms with E-state index < -0.39 is 0 Å². The van der Waals surface area contributed by atoms with Crippen molar-refractivity contribution >= 4 is 17.3 Å². The Bertz CT molecular complexity index is 1140. The predicted octanol–water partition coefficient (Wildman–Crippen LogP) is 3.71. The number of carbonyl (C=O) groups is 1. The number of aromatic nitrogens is 2. The van der Waals surface area contributed by atoms with Gasteiger partial charge in [0.25, 0.3) is 0 Å². The lowest BCUT2D eigenvalue weighted by atomic mass is 10.1. The molecule has 3 aromatic rings. The molecule has 2 saturated heterocycles. The maximum atomic E-state index is 12.7. The van der Waals surface area contributed by atoms with Crippen LogP contribution in [0.2, 0.25) is 0 Å². The van der Waals surface area contributed by atoms with Gasteiger partial charge in [-0.25, -0.2) is 0 Å². The number of benzene rings is 2. The quantitative estimate of drug-likeness (QED) is 0.559. The van der Waals surface area contributed by atoms with Crippen molar-refractivity contribution in [2.24, 2.45) is 0 Å². The lowest BCUT2D eigenvalue weighted by molar-refractivity contribution is -0.117. The topological polar surface area (TPSA) is 77.7 Å².